The lowest BCUT2D eigenvalue weighted by Gasteiger charge is -2.17. The van der Waals surface area contributed by atoms with Crippen molar-refractivity contribution < 1.29 is 21.6 Å². The van der Waals surface area contributed by atoms with Crippen molar-refractivity contribution in [3.05, 3.63) is 17.5 Å². The first-order valence-corrected chi connectivity index (χ1v) is 10.3. The molecule has 0 unspecified atom stereocenters. The van der Waals surface area contributed by atoms with Crippen LogP contribution in [-0.2, 0) is 24.7 Å². The summed E-state index contributed by atoms with van der Waals surface area (Å²) in [7, 11) is -5.43. The number of hydrogen-bond donors (Lipinski definition) is 1. The van der Waals surface area contributed by atoms with Gasteiger partial charge >= 0.3 is 0 Å². The molecule has 1 aliphatic heterocycles. The molecule has 1 saturated heterocycles. The monoisotopic (exact) mass is 352 g/mol. The molecule has 2 heterocycles. The molecule has 1 fully saturated rings. The van der Waals surface area contributed by atoms with Crippen LogP contribution < -0.4 is 5.32 Å². The van der Waals surface area contributed by atoms with Gasteiger partial charge < -0.3 is 5.32 Å². The molecule has 1 N–H and O–H groups in total. The average molecular weight is 352 g/mol. The summed E-state index contributed by atoms with van der Waals surface area (Å²) in [5, 5.41) is 4.20. The van der Waals surface area contributed by atoms with Gasteiger partial charge in [0, 0.05) is 13.1 Å². The number of nitrogens with zero attached hydrogens (tertiary/aromatic N) is 1. The number of amides is 1. The highest BCUT2D eigenvalue weighted by atomic mass is 32.2. The molecule has 21 heavy (non-hydrogen) atoms. The van der Waals surface area contributed by atoms with Crippen molar-refractivity contribution >= 4 is 37.1 Å². The van der Waals surface area contributed by atoms with Crippen LogP contribution in [-0.4, -0.2) is 58.2 Å². The average Bonchev–Trinajstić information content (AvgIpc) is 2.98. The van der Waals surface area contributed by atoms with Gasteiger partial charge in [-0.05, 0) is 17.9 Å². The number of sulfonamides is 1. The van der Waals surface area contributed by atoms with Crippen molar-refractivity contribution in [2.45, 2.75) is 16.7 Å². The van der Waals surface area contributed by atoms with E-state index >= 15 is 0 Å². The second-order valence-corrected chi connectivity index (χ2v) is 10.3. The van der Waals surface area contributed by atoms with Crippen LogP contribution in [0.4, 0.5) is 0 Å². The van der Waals surface area contributed by atoms with E-state index in [2.05, 4.69) is 5.32 Å². The summed E-state index contributed by atoms with van der Waals surface area (Å²) in [4.78, 5) is 11.8. The van der Waals surface area contributed by atoms with E-state index < -0.39 is 31.8 Å². The molecule has 1 aromatic heterocycles. The second-order valence-electron chi connectivity index (χ2n) is 4.86. The molecule has 118 valence electrons. The van der Waals surface area contributed by atoms with Gasteiger partial charge in [0.25, 0.3) is 10.0 Å². The molecule has 1 atom stereocenters. The lowest BCUT2D eigenvalue weighted by atomic mass is 10.2. The Bertz CT molecular complexity index is 709. The first kappa shape index (κ1) is 16.4. The van der Waals surface area contributed by atoms with Crippen molar-refractivity contribution in [1.82, 2.24) is 9.62 Å². The SMILES string of the molecule is CN(CC(=O)N[C@H]1CCS(=O)(=O)C1)S(=O)(=O)c1cccs1. The van der Waals surface area contributed by atoms with Crippen molar-refractivity contribution in [3.8, 4) is 0 Å². The van der Waals surface area contributed by atoms with E-state index in [1.807, 2.05) is 0 Å². The van der Waals surface area contributed by atoms with Gasteiger partial charge in [0.15, 0.2) is 9.84 Å². The first-order valence-electron chi connectivity index (χ1n) is 6.20. The molecule has 0 aromatic carbocycles. The van der Waals surface area contributed by atoms with E-state index in [9.17, 15) is 21.6 Å². The van der Waals surface area contributed by atoms with Crippen molar-refractivity contribution in [3.63, 3.8) is 0 Å². The number of likely N-dealkylation sites (N-methyl/N-ethyl adjacent to an activating group) is 1. The third kappa shape index (κ3) is 4.02. The van der Waals surface area contributed by atoms with Crippen molar-refractivity contribution in [2.24, 2.45) is 0 Å². The van der Waals surface area contributed by atoms with Crippen LogP contribution in [0, 0.1) is 0 Å². The van der Waals surface area contributed by atoms with E-state index in [0.717, 1.165) is 15.6 Å². The molecule has 1 aliphatic rings. The minimum atomic E-state index is -3.67. The lowest BCUT2D eigenvalue weighted by molar-refractivity contribution is -0.121. The summed E-state index contributed by atoms with van der Waals surface area (Å²) in [6.45, 7) is -0.337. The van der Waals surface area contributed by atoms with Gasteiger partial charge in [-0.1, -0.05) is 6.07 Å². The lowest BCUT2D eigenvalue weighted by Crippen LogP contribution is -2.43. The van der Waals surface area contributed by atoms with E-state index in [0.29, 0.717) is 6.42 Å². The molecule has 2 rings (SSSR count). The van der Waals surface area contributed by atoms with Gasteiger partial charge in [-0.2, -0.15) is 4.31 Å². The van der Waals surface area contributed by atoms with Gasteiger partial charge in [0.1, 0.15) is 4.21 Å². The Morgan fingerprint density at radius 2 is 2.24 bits per heavy atom. The number of hydrogen-bond acceptors (Lipinski definition) is 6. The summed E-state index contributed by atoms with van der Waals surface area (Å²) in [5.41, 5.74) is 0. The fourth-order valence-corrected chi connectivity index (χ4v) is 6.03. The molecular weight excluding hydrogens is 336 g/mol. The fraction of sp³-hybridized carbons (Fsp3) is 0.545. The Balaban J connectivity index is 1.94. The van der Waals surface area contributed by atoms with Crippen LogP contribution >= 0.6 is 11.3 Å². The van der Waals surface area contributed by atoms with Crippen LogP contribution in [0.25, 0.3) is 0 Å². The number of thiophene rings is 1. The predicted molar refractivity (Wildman–Crippen MR) is 79.3 cm³/mol. The zero-order chi connectivity index (χ0) is 15.7. The number of rotatable bonds is 5. The number of carbonyl (C=O) groups excluding carboxylic acids is 1. The van der Waals surface area contributed by atoms with Crippen LogP contribution in [0.3, 0.4) is 0 Å². The fourth-order valence-electron chi connectivity index (χ4n) is 2.03. The first-order chi connectivity index (χ1) is 9.71. The van der Waals surface area contributed by atoms with Gasteiger partial charge in [0.2, 0.25) is 5.91 Å². The van der Waals surface area contributed by atoms with Gasteiger partial charge in [-0.3, -0.25) is 4.79 Å². The minimum Gasteiger partial charge on any atom is -0.351 e. The molecule has 7 nitrogen and oxygen atoms in total. The van der Waals surface area contributed by atoms with Crippen LogP contribution in [0.1, 0.15) is 6.42 Å². The zero-order valence-corrected chi connectivity index (χ0v) is 13.8. The Kier molecular flexibility index (Phi) is 4.71. The van der Waals surface area contributed by atoms with E-state index in [1.165, 1.54) is 13.1 Å². The van der Waals surface area contributed by atoms with Gasteiger partial charge in [0.05, 0.1) is 18.1 Å². The predicted octanol–water partition coefficient (Wildman–Crippen LogP) is -0.328. The number of carbonyl (C=O) groups is 1. The van der Waals surface area contributed by atoms with Crippen molar-refractivity contribution in [1.29, 1.82) is 0 Å². The summed E-state index contributed by atoms with van der Waals surface area (Å²) in [6.07, 6.45) is 0.370. The number of nitrogens with one attached hydrogen (secondary N) is 1. The van der Waals surface area contributed by atoms with Gasteiger partial charge in [-0.15, -0.1) is 11.3 Å². The Labute approximate surface area is 127 Å². The van der Waals surface area contributed by atoms with Crippen LogP contribution in [0.5, 0.6) is 0 Å². The van der Waals surface area contributed by atoms with E-state index in [-0.39, 0.29) is 22.3 Å². The van der Waals surface area contributed by atoms with Crippen LogP contribution in [0.2, 0.25) is 0 Å². The Morgan fingerprint density at radius 1 is 1.52 bits per heavy atom. The third-order valence-corrected chi connectivity index (χ3v) is 8.07. The highest BCUT2D eigenvalue weighted by molar-refractivity contribution is 7.91. The highest BCUT2D eigenvalue weighted by Crippen LogP contribution is 2.19. The Hall–Kier alpha value is -0.970. The van der Waals surface area contributed by atoms with Crippen molar-refractivity contribution in [2.75, 3.05) is 25.1 Å². The Morgan fingerprint density at radius 3 is 2.76 bits per heavy atom. The van der Waals surface area contributed by atoms with E-state index in [1.54, 1.807) is 11.4 Å². The molecule has 1 amide bonds. The minimum absolute atomic E-state index is 0.0568. The topological polar surface area (TPSA) is 101 Å². The summed E-state index contributed by atoms with van der Waals surface area (Å²) < 4.78 is 48.0. The highest BCUT2D eigenvalue weighted by Gasteiger charge is 2.30. The third-order valence-electron chi connectivity index (χ3n) is 3.12. The summed E-state index contributed by atoms with van der Waals surface area (Å²) in [6, 6.07) is 2.66. The number of sulfone groups is 1. The molecule has 0 bridgehead atoms. The quantitative estimate of drug-likeness (QED) is 0.782. The zero-order valence-electron chi connectivity index (χ0n) is 11.4. The second kappa shape index (κ2) is 6.03. The standard InChI is InChI=1S/C11H16N2O5S3/c1-13(21(17,18)11-3-2-5-19-11)7-10(14)12-9-4-6-20(15,16)8-9/h2-3,5,9H,4,6-8H2,1H3,(H,12,14)/t9-/m0/s1. The summed E-state index contributed by atoms with van der Waals surface area (Å²) >= 11 is 1.08. The normalized spacial score (nSPS) is 21.5. The van der Waals surface area contributed by atoms with Crippen LogP contribution in [0.15, 0.2) is 21.7 Å². The molecular formula is C11H16N2O5S3. The van der Waals surface area contributed by atoms with Gasteiger partial charge in [-0.25, -0.2) is 16.8 Å². The molecule has 0 radical (unpaired) electrons. The van der Waals surface area contributed by atoms with E-state index in [4.69, 9.17) is 0 Å². The molecule has 0 spiro atoms. The molecule has 10 heteroatoms. The summed E-state index contributed by atoms with van der Waals surface area (Å²) in [5.74, 6) is -0.527. The maximum atomic E-state index is 12.1. The molecule has 0 saturated carbocycles. The smallest absolute Gasteiger partial charge is 0.252 e. The maximum Gasteiger partial charge on any atom is 0.252 e. The maximum absolute atomic E-state index is 12.1. The largest absolute Gasteiger partial charge is 0.351 e. The molecule has 0 aliphatic carbocycles. The molecule has 1 aromatic rings.